The molecule has 4 heteroatoms. The topological polar surface area (TPSA) is 57.6 Å². The van der Waals surface area contributed by atoms with E-state index in [4.69, 9.17) is 0 Å². The summed E-state index contributed by atoms with van der Waals surface area (Å²) in [5, 5.41) is 9.71. The number of benzene rings is 2. The van der Waals surface area contributed by atoms with Crippen molar-refractivity contribution in [1.82, 2.24) is 4.90 Å². The third-order valence-electron chi connectivity index (χ3n) is 5.46. The van der Waals surface area contributed by atoms with Gasteiger partial charge >= 0.3 is 5.97 Å². The number of hydrogen-bond donors (Lipinski definition) is 1. The van der Waals surface area contributed by atoms with Crippen LogP contribution < -0.4 is 0 Å². The fraction of sp³-hybridized carbons (Fsp3) is 0.273. The maximum atomic E-state index is 12.8. The highest BCUT2D eigenvalue weighted by Crippen LogP contribution is 2.39. The predicted octanol–water partition coefficient (Wildman–Crippen LogP) is 2.90. The fourth-order valence-electron chi connectivity index (χ4n) is 4.12. The van der Waals surface area contributed by atoms with Crippen LogP contribution in [0.2, 0.25) is 0 Å². The van der Waals surface area contributed by atoms with Crippen molar-refractivity contribution < 1.29 is 14.7 Å². The minimum absolute atomic E-state index is 0.107. The number of carbonyl (C=O) groups excluding carboxylic acids is 1. The van der Waals surface area contributed by atoms with Crippen LogP contribution in [-0.4, -0.2) is 40.9 Å². The second-order valence-corrected chi connectivity index (χ2v) is 7.08. The average molecular weight is 347 g/mol. The number of rotatable bonds is 5. The Balaban J connectivity index is 1.52. The van der Waals surface area contributed by atoms with Crippen molar-refractivity contribution in [2.75, 3.05) is 13.1 Å². The van der Waals surface area contributed by atoms with Crippen molar-refractivity contribution in [3.8, 4) is 0 Å². The van der Waals surface area contributed by atoms with Crippen LogP contribution in [-0.2, 0) is 16.0 Å². The van der Waals surface area contributed by atoms with Gasteiger partial charge in [-0.25, -0.2) is 0 Å². The summed E-state index contributed by atoms with van der Waals surface area (Å²) in [4.78, 5) is 26.6. The Morgan fingerprint density at radius 1 is 1.04 bits per heavy atom. The molecule has 0 saturated carbocycles. The van der Waals surface area contributed by atoms with Gasteiger partial charge in [-0.1, -0.05) is 66.7 Å². The molecule has 0 aromatic heterocycles. The van der Waals surface area contributed by atoms with E-state index in [-0.39, 0.29) is 17.6 Å². The Kier molecular flexibility index (Phi) is 4.43. The zero-order chi connectivity index (χ0) is 18.1. The number of carbonyl (C=O) groups is 2. The molecule has 132 valence electrons. The van der Waals surface area contributed by atoms with Crippen molar-refractivity contribution in [1.29, 1.82) is 0 Å². The monoisotopic (exact) mass is 347 g/mol. The Labute approximate surface area is 152 Å². The molecule has 0 bridgehead atoms. The molecule has 26 heavy (non-hydrogen) atoms. The van der Waals surface area contributed by atoms with Crippen molar-refractivity contribution in [2.45, 2.75) is 12.5 Å². The van der Waals surface area contributed by atoms with E-state index in [2.05, 4.69) is 0 Å². The van der Waals surface area contributed by atoms with Gasteiger partial charge in [0.1, 0.15) is 6.04 Å². The molecule has 0 spiro atoms. The molecule has 1 aliphatic heterocycles. The standard InChI is InChI=1S/C22H21NO3/c24-21-18(16-9-5-2-6-10-16)12-17-13-23(14-19(17)21)20(22(25)26)11-15-7-3-1-4-8-15/h1-10,12,17,19-20H,11,13-14H2,(H,25,26). The van der Waals surface area contributed by atoms with E-state index in [0.717, 1.165) is 16.7 Å². The van der Waals surface area contributed by atoms with Gasteiger partial charge in [0.15, 0.2) is 5.78 Å². The first-order chi connectivity index (χ1) is 12.6. The first kappa shape index (κ1) is 16.7. The number of fused-ring (bicyclic) bond motifs is 1. The second kappa shape index (κ2) is 6.89. The Hall–Kier alpha value is -2.72. The van der Waals surface area contributed by atoms with Gasteiger partial charge in [-0.15, -0.1) is 0 Å². The summed E-state index contributed by atoms with van der Waals surface area (Å²) in [6.45, 7) is 1.14. The summed E-state index contributed by atoms with van der Waals surface area (Å²) in [7, 11) is 0. The molecule has 0 amide bonds. The van der Waals surface area contributed by atoms with Crippen LogP contribution in [0.15, 0.2) is 66.7 Å². The molecule has 3 atom stereocenters. The molecular formula is C22H21NO3. The lowest BCUT2D eigenvalue weighted by Gasteiger charge is -2.25. The number of allylic oxidation sites excluding steroid dienone is 1. The van der Waals surface area contributed by atoms with Crippen molar-refractivity contribution in [3.05, 3.63) is 77.9 Å². The van der Waals surface area contributed by atoms with E-state index in [1.807, 2.05) is 71.6 Å². The molecule has 2 aliphatic rings. The highest BCUT2D eigenvalue weighted by Gasteiger charge is 2.45. The molecule has 4 nitrogen and oxygen atoms in total. The maximum absolute atomic E-state index is 12.8. The normalized spacial score (nSPS) is 23.5. The number of Topliss-reactive ketones (excluding diaryl/α,β-unsaturated/α-hetero) is 1. The first-order valence-electron chi connectivity index (χ1n) is 8.95. The van der Waals surface area contributed by atoms with Gasteiger partial charge in [0.2, 0.25) is 0 Å². The highest BCUT2D eigenvalue weighted by molar-refractivity contribution is 6.24. The van der Waals surface area contributed by atoms with Crippen LogP contribution >= 0.6 is 0 Å². The number of likely N-dealkylation sites (tertiary alicyclic amines) is 1. The molecule has 2 aromatic carbocycles. The van der Waals surface area contributed by atoms with E-state index >= 15 is 0 Å². The summed E-state index contributed by atoms with van der Waals surface area (Å²) in [6.07, 6.45) is 2.50. The molecular weight excluding hydrogens is 326 g/mol. The van der Waals surface area contributed by atoms with E-state index in [1.165, 1.54) is 0 Å². The van der Waals surface area contributed by atoms with Gasteiger partial charge in [-0.05, 0) is 17.5 Å². The van der Waals surface area contributed by atoms with E-state index in [9.17, 15) is 14.7 Å². The quantitative estimate of drug-likeness (QED) is 0.904. The zero-order valence-electron chi connectivity index (χ0n) is 14.4. The SMILES string of the molecule is O=C1C(c2ccccc2)=CC2CN(C(Cc3ccccc3)C(=O)O)CC12. The molecule has 0 radical (unpaired) electrons. The molecule has 3 unspecified atom stereocenters. The van der Waals surface area contributed by atoms with Crippen LogP contribution in [0.5, 0.6) is 0 Å². The summed E-state index contributed by atoms with van der Waals surface area (Å²) < 4.78 is 0. The average Bonchev–Trinajstić information content (AvgIpc) is 3.20. The van der Waals surface area contributed by atoms with Gasteiger partial charge < -0.3 is 5.11 Å². The Bertz CT molecular complexity index is 844. The fourth-order valence-corrected chi connectivity index (χ4v) is 4.12. The Morgan fingerprint density at radius 3 is 2.31 bits per heavy atom. The summed E-state index contributed by atoms with van der Waals surface area (Å²) >= 11 is 0. The van der Waals surface area contributed by atoms with Crippen molar-refractivity contribution >= 4 is 17.3 Å². The van der Waals surface area contributed by atoms with E-state index in [0.29, 0.717) is 19.5 Å². The lowest BCUT2D eigenvalue weighted by Crippen LogP contribution is -2.42. The van der Waals surface area contributed by atoms with Gasteiger partial charge in [-0.2, -0.15) is 0 Å². The second-order valence-electron chi connectivity index (χ2n) is 7.08. The van der Waals surface area contributed by atoms with Gasteiger partial charge in [0.05, 0.1) is 0 Å². The summed E-state index contributed by atoms with van der Waals surface area (Å²) in [6, 6.07) is 18.8. The molecule has 1 heterocycles. The molecule has 1 saturated heterocycles. The van der Waals surface area contributed by atoms with Crippen LogP contribution in [0.3, 0.4) is 0 Å². The van der Waals surface area contributed by atoms with E-state index < -0.39 is 12.0 Å². The first-order valence-corrected chi connectivity index (χ1v) is 8.95. The Morgan fingerprint density at radius 2 is 1.69 bits per heavy atom. The minimum Gasteiger partial charge on any atom is -0.480 e. The van der Waals surface area contributed by atoms with Gasteiger partial charge in [0, 0.05) is 30.5 Å². The molecule has 4 rings (SSSR count). The van der Waals surface area contributed by atoms with Gasteiger partial charge in [0.25, 0.3) is 0 Å². The summed E-state index contributed by atoms with van der Waals surface area (Å²) in [5.41, 5.74) is 2.75. The molecule has 1 aliphatic carbocycles. The van der Waals surface area contributed by atoms with E-state index in [1.54, 1.807) is 0 Å². The van der Waals surface area contributed by atoms with Crippen LogP contribution in [0.25, 0.3) is 5.57 Å². The van der Waals surface area contributed by atoms with Crippen LogP contribution in [0.1, 0.15) is 11.1 Å². The molecule has 2 aromatic rings. The number of carboxylic acids is 1. The highest BCUT2D eigenvalue weighted by atomic mass is 16.4. The number of nitrogens with zero attached hydrogens (tertiary/aromatic N) is 1. The van der Waals surface area contributed by atoms with Gasteiger partial charge in [-0.3, -0.25) is 14.5 Å². The third-order valence-corrected chi connectivity index (χ3v) is 5.46. The zero-order valence-corrected chi connectivity index (χ0v) is 14.4. The van der Waals surface area contributed by atoms with Crippen LogP contribution in [0, 0.1) is 11.8 Å². The predicted molar refractivity (Wildman–Crippen MR) is 99.5 cm³/mol. The molecule has 1 N–H and O–H groups in total. The number of aliphatic carboxylic acids is 1. The third kappa shape index (κ3) is 3.08. The summed E-state index contributed by atoms with van der Waals surface area (Å²) in [5.74, 6) is -0.695. The minimum atomic E-state index is -0.825. The van der Waals surface area contributed by atoms with Crippen LogP contribution in [0.4, 0.5) is 0 Å². The van der Waals surface area contributed by atoms with Crippen molar-refractivity contribution in [3.63, 3.8) is 0 Å². The lowest BCUT2D eigenvalue weighted by molar-refractivity contribution is -0.143. The van der Waals surface area contributed by atoms with Crippen molar-refractivity contribution in [2.24, 2.45) is 11.8 Å². The maximum Gasteiger partial charge on any atom is 0.321 e. The number of carboxylic acid groups (broad SMARTS) is 1. The number of hydrogen-bond acceptors (Lipinski definition) is 3. The largest absolute Gasteiger partial charge is 0.480 e. The smallest absolute Gasteiger partial charge is 0.321 e. The molecule has 1 fully saturated rings. The number of ketones is 1. The lowest BCUT2D eigenvalue weighted by atomic mass is 9.97.